The Hall–Kier alpha value is -3.24. The number of carbonyl (C=O) groups excluding carboxylic acids is 1. The molecule has 1 N–H and O–H groups in total. The molecule has 0 aliphatic rings. The van der Waals surface area contributed by atoms with Gasteiger partial charge in [-0.05, 0) is 32.1 Å². The first-order valence-corrected chi connectivity index (χ1v) is 8.42. The first-order chi connectivity index (χ1) is 12.1. The molecule has 0 atom stereocenters. The van der Waals surface area contributed by atoms with Crippen LogP contribution in [0.4, 0.5) is 5.13 Å². The normalized spacial score (nSPS) is 11.2. The Morgan fingerprint density at radius 2 is 2.08 bits per heavy atom. The Balaban J connectivity index is 1.95. The van der Waals surface area contributed by atoms with Crippen LogP contribution in [0.25, 0.3) is 11.8 Å². The second kappa shape index (κ2) is 7.11. The second-order valence-corrected chi connectivity index (χ2v) is 6.19. The van der Waals surface area contributed by atoms with E-state index in [9.17, 15) is 10.1 Å². The van der Waals surface area contributed by atoms with Gasteiger partial charge in [-0.1, -0.05) is 18.2 Å². The third-order valence-corrected chi connectivity index (χ3v) is 4.34. The van der Waals surface area contributed by atoms with E-state index in [1.54, 1.807) is 22.3 Å². The maximum atomic E-state index is 12.3. The largest absolute Gasteiger partial charge is 0.297 e. The van der Waals surface area contributed by atoms with Crippen LogP contribution in [0.3, 0.4) is 0 Å². The third-order valence-electron chi connectivity index (χ3n) is 3.65. The summed E-state index contributed by atoms with van der Waals surface area (Å²) in [6.07, 6.45) is 3.16. The number of aromatic nitrogens is 3. The van der Waals surface area contributed by atoms with Crippen molar-refractivity contribution in [1.82, 2.24) is 14.8 Å². The van der Waals surface area contributed by atoms with Gasteiger partial charge < -0.3 is 0 Å². The number of rotatable bonds is 4. The van der Waals surface area contributed by atoms with E-state index >= 15 is 0 Å². The number of nitrogens with one attached hydrogen (secondary N) is 1. The van der Waals surface area contributed by atoms with Crippen LogP contribution in [0.1, 0.15) is 17.0 Å². The van der Waals surface area contributed by atoms with E-state index in [-0.39, 0.29) is 5.57 Å². The Bertz CT molecular complexity index is 965. The summed E-state index contributed by atoms with van der Waals surface area (Å²) in [6.45, 7) is 3.76. The lowest BCUT2D eigenvalue weighted by Crippen LogP contribution is -2.13. The van der Waals surface area contributed by atoms with Gasteiger partial charge in [0.25, 0.3) is 5.91 Å². The molecule has 0 saturated heterocycles. The zero-order chi connectivity index (χ0) is 17.8. The molecule has 0 bridgehead atoms. The zero-order valence-electron chi connectivity index (χ0n) is 13.7. The van der Waals surface area contributed by atoms with Crippen LogP contribution in [0.2, 0.25) is 0 Å². The number of hydrogen-bond donors (Lipinski definition) is 1. The van der Waals surface area contributed by atoms with Gasteiger partial charge in [0.2, 0.25) is 0 Å². The van der Waals surface area contributed by atoms with Gasteiger partial charge in [-0.3, -0.25) is 10.1 Å². The van der Waals surface area contributed by atoms with Gasteiger partial charge >= 0.3 is 0 Å². The van der Waals surface area contributed by atoms with Crippen LogP contribution in [0, 0.1) is 25.2 Å². The monoisotopic (exact) mass is 349 g/mol. The van der Waals surface area contributed by atoms with Crippen molar-refractivity contribution in [2.45, 2.75) is 13.8 Å². The molecule has 0 unspecified atom stereocenters. The summed E-state index contributed by atoms with van der Waals surface area (Å²) < 4.78 is 1.80. The summed E-state index contributed by atoms with van der Waals surface area (Å²) in [4.78, 5) is 16.3. The molecule has 3 rings (SSSR count). The van der Waals surface area contributed by atoms with E-state index in [1.165, 1.54) is 11.3 Å². The van der Waals surface area contributed by atoms with Gasteiger partial charge in [-0.15, -0.1) is 11.3 Å². The van der Waals surface area contributed by atoms with Gasteiger partial charge in [0, 0.05) is 22.8 Å². The van der Waals surface area contributed by atoms with Crippen LogP contribution in [-0.2, 0) is 4.79 Å². The maximum Gasteiger partial charge on any atom is 0.268 e. The average Bonchev–Trinajstić information content (AvgIpc) is 3.22. The number of hydrogen-bond acceptors (Lipinski definition) is 5. The lowest BCUT2D eigenvalue weighted by Gasteiger charge is -2.04. The van der Waals surface area contributed by atoms with Crippen molar-refractivity contribution in [1.29, 1.82) is 5.26 Å². The fraction of sp³-hybridized carbons (Fsp3) is 0.111. The molecule has 0 spiro atoms. The zero-order valence-corrected chi connectivity index (χ0v) is 14.5. The van der Waals surface area contributed by atoms with Crippen molar-refractivity contribution in [3.63, 3.8) is 0 Å². The summed E-state index contributed by atoms with van der Waals surface area (Å²) in [5.41, 5.74) is 3.30. The lowest BCUT2D eigenvalue weighted by molar-refractivity contribution is -0.112. The highest BCUT2D eigenvalue weighted by molar-refractivity contribution is 7.13. The van der Waals surface area contributed by atoms with Crippen molar-refractivity contribution >= 4 is 28.5 Å². The van der Waals surface area contributed by atoms with Crippen molar-refractivity contribution in [2.75, 3.05) is 5.32 Å². The van der Waals surface area contributed by atoms with Crippen LogP contribution < -0.4 is 5.32 Å². The Kier molecular flexibility index (Phi) is 4.73. The molecule has 0 fully saturated rings. The Labute approximate surface area is 149 Å². The third kappa shape index (κ3) is 3.49. The van der Waals surface area contributed by atoms with E-state index in [1.807, 2.05) is 50.2 Å². The number of aryl methyl sites for hydroxylation is 1. The van der Waals surface area contributed by atoms with Gasteiger partial charge in [0.15, 0.2) is 5.13 Å². The molecule has 2 heterocycles. The number of para-hydroxylation sites is 1. The first-order valence-electron chi connectivity index (χ1n) is 7.54. The van der Waals surface area contributed by atoms with Crippen molar-refractivity contribution < 1.29 is 4.79 Å². The minimum absolute atomic E-state index is 0.00834. The smallest absolute Gasteiger partial charge is 0.268 e. The molecule has 124 valence electrons. The minimum Gasteiger partial charge on any atom is -0.297 e. The number of thiazole rings is 1. The van der Waals surface area contributed by atoms with Crippen molar-refractivity contribution in [2.24, 2.45) is 0 Å². The Morgan fingerprint density at radius 1 is 1.32 bits per heavy atom. The van der Waals surface area contributed by atoms with Crippen LogP contribution in [-0.4, -0.2) is 20.7 Å². The lowest BCUT2D eigenvalue weighted by atomic mass is 10.1. The summed E-state index contributed by atoms with van der Waals surface area (Å²) in [5, 5.41) is 18.7. The molecule has 0 radical (unpaired) electrons. The van der Waals surface area contributed by atoms with Gasteiger partial charge in [-0.2, -0.15) is 10.4 Å². The van der Waals surface area contributed by atoms with E-state index < -0.39 is 5.91 Å². The molecule has 0 aliphatic carbocycles. The molecule has 6 nitrogen and oxygen atoms in total. The van der Waals surface area contributed by atoms with E-state index in [2.05, 4.69) is 15.4 Å². The van der Waals surface area contributed by atoms with Gasteiger partial charge in [0.05, 0.1) is 11.4 Å². The number of carbonyl (C=O) groups is 1. The number of anilines is 1. The molecule has 25 heavy (non-hydrogen) atoms. The summed E-state index contributed by atoms with van der Waals surface area (Å²) in [5.74, 6) is -0.483. The van der Waals surface area contributed by atoms with Crippen molar-refractivity contribution in [3.05, 3.63) is 64.4 Å². The highest BCUT2D eigenvalue weighted by Gasteiger charge is 2.16. The van der Waals surface area contributed by atoms with Crippen LogP contribution >= 0.6 is 11.3 Å². The molecular formula is C18H15N5OS. The molecule has 1 amide bonds. The van der Waals surface area contributed by atoms with E-state index in [0.717, 1.165) is 22.6 Å². The summed E-state index contributed by atoms with van der Waals surface area (Å²) in [7, 11) is 0. The Morgan fingerprint density at radius 3 is 2.72 bits per heavy atom. The van der Waals surface area contributed by atoms with Crippen LogP contribution in [0.15, 0.2) is 47.5 Å². The molecule has 7 heteroatoms. The molecule has 0 aliphatic heterocycles. The summed E-state index contributed by atoms with van der Waals surface area (Å²) in [6, 6.07) is 11.7. The number of nitriles is 1. The maximum absolute atomic E-state index is 12.3. The molecule has 1 aromatic carbocycles. The van der Waals surface area contributed by atoms with Gasteiger partial charge in [0.1, 0.15) is 11.6 Å². The van der Waals surface area contributed by atoms with E-state index in [4.69, 9.17) is 0 Å². The highest BCUT2D eigenvalue weighted by atomic mass is 32.1. The quantitative estimate of drug-likeness (QED) is 0.577. The standard InChI is InChI=1S/C18H15N5OS/c1-12-16(13(2)23(22-12)15-6-4-3-5-7-15)10-14(11-19)17(24)21-18-20-8-9-25-18/h3-10H,1-2H3,(H,20,21,24)/b14-10-. The van der Waals surface area contributed by atoms with Gasteiger partial charge in [-0.25, -0.2) is 9.67 Å². The SMILES string of the molecule is Cc1nn(-c2ccccc2)c(C)c1/C=C(/C#N)C(=O)Nc1nccs1. The fourth-order valence-electron chi connectivity index (χ4n) is 2.43. The number of benzene rings is 1. The van der Waals surface area contributed by atoms with Crippen LogP contribution in [0.5, 0.6) is 0 Å². The van der Waals surface area contributed by atoms with E-state index in [0.29, 0.717) is 5.13 Å². The molecular weight excluding hydrogens is 334 g/mol. The topological polar surface area (TPSA) is 83.6 Å². The number of nitrogens with zero attached hydrogens (tertiary/aromatic N) is 4. The molecule has 2 aromatic heterocycles. The fourth-order valence-corrected chi connectivity index (χ4v) is 2.95. The number of amides is 1. The van der Waals surface area contributed by atoms with Crippen molar-refractivity contribution in [3.8, 4) is 11.8 Å². The highest BCUT2D eigenvalue weighted by Crippen LogP contribution is 2.21. The average molecular weight is 349 g/mol. The predicted octanol–water partition coefficient (Wildman–Crippen LogP) is 3.49. The molecule has 3 aromatic rings. The predicted molar refractivity (Wildman–Crippen MR) is 97.4 cm³/mol. The molecule has 0 saturated carbocycles. The first kappa shape index (κ1) is 16.6. The second-order valence-electron chi connectivity index (χ2n) is 5.29. The minimum atomic E-state index is -0.483. The summed E-state index contributed by atoms with van der Waals surface area (Å²) >= 11 is 1.30.